The molecule has 0 saturated heterocycles. The van der Waals surface area contributed by atoms with Gasteiger partial charge < -0.3 is 11.1 Å². The van der Waals surface area contributed by atoms with Crippen LogP contribution in [-0.2, 0) is 0 Å². The third-order valence-corrected chi connectivity index (χ3v) is 2.01. The number of hydrogen-bond acceptors (Lipinski definition) is 5. The van der Waals surface area contributed by atoms with Crippen molar-refractivity contribution >= 4 is 11.5 Å². The Labute approximate surface area is 86.9 Å². The van der Waals surface area contributed by atoms with E-state index >= 15 is 0 Å². The van der Waals surface area contributed by atoms with E-state index in [0.717, 1.165) is 11.5 Å². The number of anilines is 2. The number of nitrogens with one attached hydrogen (secondary N) is 2. The number of aromatic amines is 1. The number of nitrogens with two attached hydrogens (primary N) is 1. The second kappa shape index (κ2) is 3.95. The second-order valence-corrected chi connectivity index (χ2v) is 3.21. The summed E-state index contributed by atoms with van der Waals surface area (Å²) in [5, 5.41) is 9.82. The van der Waals surface area contributed by atoms with Crippen molar-refractivity contribution in [1.82, 2.24) is 20.2 Å². The largest absolute Gasteiger partial charge is 0.384 e. The van der Waals surface area contributed by atoms with Crippen LogP contribution in [-0.4, -0.2) is 20.2 Å². The summed E-state index contributed by atoms with van der Waals surface area (Å²) in [4.78, 5) is 7.97. The Bertz CT molecular complexity index is 424. The van der Waals surface area contributed by atoms with E-state index in [-0.39, 0.29) is 6.04 Å². The van der Waals surface area contributed by atoms with Gasteiger partial charge in [-0.15, -0.1) is 0 Å². The number of rotatable bonds is 3. The van der Waals surface area contributed by atoms with Crippen molar-refractivity contribution in [3.05, 3.63) is 30.5 Å². The third kappa shape index (κ3) is 2.22. The predicted octanol–water partition coefficient (Wildman–Crippen LogP) is 0.955. The number of hydrogen-bond donors (Lipinski definition) is 3. The number of nitrogens with zero attached hydrogens (tertiary/aromatic N) is 3. The Kier molecular flexibility index (Phi) is 2.49. The van der Waals surface area contributed by atoms with E-state index in [1.54, 1.807) is 12.3 Å². The van der Waals surface area contributed by atoms with Crippen molar-refractivity contribution in [2.45, 2.75) is 13.0 Å². The van der Waals surface area contributed by atoms with Crippen LogP contribution in [0.4, 0.5) is 11.5 Å². The molecule has 0 spiro atoms. The molecule has 0 amide bonds. The second-order valence-electron chi connectivity index (χ2n) is 3.21. The molecular weight excluding hydrogens is 192 g/mol. The Hall–Kier alpha value is -2.11. The molecule has 15 heavy (non-hydrogen) atoms. The fourth-order valence-electron chi connectivity index (χ4n) is 1.28. The smallest absolute Gasteiger partial charge is 0.146 e. The first kappa shape index (κ1) is 9.45. The highest BCUT2D eigenvalue weighted by molar-refractivity contribution is 5.50. The van der Waals surface area contributed by atoms with Gasteiger partial charge in [0.05, 0.1) is 6.04 Å². The van der Waals surface area contributed by atoms with Gasteiger partial charge in [0.15, 0.2) is 0 Å². The first-order chi connectivity index (χ1) is 7.25. The fraction of sp³-hybridized carbons (Fsp3) is 0.222. The molecule has 0 bridgehead atoms. The van der Waals surface area contributed by atoms with Crippen LogP contribution in [0.3, 0.4) is 0 Å². The van der Waals surface area contributed by atoms with E-state index in [4.69, 9.17) is 5.73 Å². The highest BCUT2D eigenvalue weighted by atomic mass is 15.2. The van der Waals surface area contributed by atoms with Gasteiger partial charge in [-0.05, 0) is 13.0 Å². The Balaban J connectivity index is 2.09. The summed E-state index contributed by atoms with van der Waals surface area (Å²) in [6.45, 7) is 1.98. The zero-order valence-corrected chi connectivity index (χ0v) is 8.31. The number of aromatic nitrogens is 4. The van der Waals surface area contributed by atoms with Gasteiger partial charge in [0.1, 0.15) is 18.0 Å². The molecule has 1 unspecified atom stereocenters. The number of nitrogen functional groups attached to an aromatic ring is 1. The maximum absolute atomic E-state index is 5.57. The normalized spacial score (nSPS) is 12.3. The molecule has 0 aromatic carbocycles. The number of H-pyrrole nitrogens is 1. The van der Waals surface area contributed by atoms with E-state index in [0.29, 0.717) is 5.82 Å². The molecular formula is C9H12N6. The van der Waals surface area contributed by atoms with Crippen molar-refractivity contribution < 1.29 is 0 Å². The van der Waals surface area contributed by atoms with E-state index < -0.39 is 0 Å². The average molecular weight is 204 g/mol. The van der Waals surface area contributed by atoms with Crippen molar-refractivity contribution in [2.24, 2.45) is 0 Å². The summed E-state index contributed by atoms with van der Waals surface area (Å²) >= 11 is 0. The molecule has 1 atom stereocenters. The molecule has 2 aromatic heterocycles. The lowest BCUT2D eigenvalue weighted by Gasteiger charge is -2.12. The quantitative estimate of drug-likeness (QED) is 0.692. The summed E-state index contributed by atoms with van der Waals surface area (Å²) in [6, 6.07) is 3.67. The summed E-state index contributed by atoms with van der Waals surface area (Å²) in [5.41, 5.74) is 6.47. The first-order valence-corrected chi connectivity index (χ1v) is 4.59. The minimum atomic E-state index is 0.0503. The lowest BCUT2D eigenvalue weighted by molar-refractivity contribution is 0.795. The molecule has 0 aliphatic carbocycles. The Morgan fingerprint density at radius 1 is 1.47 bits per heavy atom. The van der Waals surface area contributed by atoms with Gasteiger partial charge in [0, 0.05) is 18.0 Å². The minimum absolute atomic E-state index is 0.0503. The Morgan fingerprint density at radius 3 is 3.00 bits per heavy atom. The molecule has 0 radical (unpaired) electrons. The molecule has 4 N–H and O–H groups in total. The van der Waals surface area contributed by atoms with Crippen LogP contribution in [0.25, 0.3) is 0 Å². The molecule has 2 heterocycles. The van der Waals surface area contributed by atoms with Crippen molar-refractivity contribution in [2.75, 3.05) is 11.1 Å². The van der Waals surface area contributed by atoms with Crippen molar-refractivity contribution in [3.8, 4) is 0 Å². The maximum atomic E-state index is 5.57. The fourth-order valence-corrected chi connectivity index (χ4v) is 1.28. The zero-order valence-electron chi connectivity index (χ0n) is 8.31. The molecule has 0 fully saturated rings. The van der Waals surface area contributed by atoms with Gasteiger partial charge in [-0.1, -0.05) is 0 Å². The standard InChI is InChI=1S/C9H12N6/c1-6(9-12-5-13-15-9)14-7-2-3-11-8(10)4-7/h2-6H,1H3,(H3,10,11,14)(H,12,13,15). The highest BCUT2D eigenvalue weighted by Crippen LogP contribution is 2.16. The van der Waals surface area contributed by atoms with Crippen LogP contribution < -0.4 is 11.1 Å². The lowest BCUT2D eigenvalue weighted by atomic mass is 10.3. The molecule has 2 rings (SSSR count). The van der Waals surface area contributed by atoms with Crippen LogP contribution in [0.15, 0.2) is 24.7 Å². The van der Waals surface area contributed by atoms with Gasteiger partial charge in [-0.2, -0.15) is 5.10 Å². The van der Waals surface area contributed by atoms with E-state index in [1.807, 2.05) is 13.0 Å². The van der Waals surface area contributed by atoms with Crippen LogP contribution in [0.1, 0.15) is 18.8 Å². The van der Waals surface area contributed by atoms with E-state index in [2.05, 4.69) is 25.5 Å². The van der Waals surface area contributed by atoms with Gasteiger partial charge in [-0.3, -0.25) is 5.10 Å². The topological polar surface area (TPSA) is 92.5 Å². The van der Waals surface area contributed by atoms with Gasteiger partial charge in [0.2, 0.25) is 0 Å². The lowest BCUT2D eigenvalue weighted by Crippen LogP contribution is -2.08. The van der Waals surface area contributed by atoms with Gasteiger partial charge in [-0.25, -0.2) is 9.97 Å². The third-order valence-electron chi connectivity index (χ3n) is 2.01. The average Bonchev–Trinajstić information content (AvgIpc) is 2.70. The summed E-state index contributed by atoms with van der Waals surface area (Å²) in [6.07, 6.45) is 3.14. The van der Waals surface area contributed by atoms with Crippen LogP contribution in [0.2, 0.25) is 0 Å². The molecule has 6 heteroatoms. The molecule has 0 aliphatic heterocycles. The monoisotopic (exact) mass is 204 g/mol. The molecule has 2 aromatic rings. The SMILES string of the molecule is CC(Nc1ccnc(N)c1)c1ncn[nH]1. The zero-order chi connectivity index (χ0) is 10.7. The van der Waals surface area contributed by atoms with Crippen molar-refractivity contribution in [1.29, 1.82) is 0 Å². The van der Waals surface area contributed by atoms with Crippen LogP contribution >= 0.6 is 0 Å². The van der Waals surface area contributed by atoms with E-state index in [1.165, 1.54) is 6.33 Å². The van der Waals surface area contributed by atoms with E-state index in [9.17, 15) is 0 Å². The predicted molar refractivity (Wildman–Crippen MR) is 57.1 cm³/mol. The summed E-state index contributed by atoms with van der Waals surface area (Å²) < 4.78 is 0. The van der Waals surface area contributed by atoms with Gasteiger partial charge in [0.25, 0.3) is 0 Å². The minimum Gasteiger partial charge on any atom is -0.384 e. The van der Waals surface area contributed by atoms with Crippen LogP contribution in [0.5, 0.6) is 0 Å². The number of pyridine rings is 1. The first-order valence-electron chi connectivity index (χ1n) is 4.59. The molecule has 0 aliphatic rings. The summed E-state index contributed by atoms with van der Waals surface area (Å²) in [7, 11) is 0. The van der Waals surface area contributed by atoms with Crippen LogP contribution in [0, 0.1) is 0 Å². The Morgan fingerprint density at radius 2 is 2.33 bits per heavy atom. The van der Waals surface area contributed by atoms with Crippen molar-refractivity contribution in [3.63, 3.8) is 0 Å². The summed E-state index contributed by atoms with van der Waals surface area (Å²) in [5.74, 6) is 1.27. The molecule has 78 valence electrons. The maximum Gasteiger partial charge on any atom is 0.146 e. The van der Waals surface area contributed by atoms with Gasteiger partial charge >= 0.3 is 0 Å². The highest BCUT2D eigenvalue weighted by Gasteiger charge is 2.07. The molecule has 0 saturated carbocycles. The molecule has 6 nitrogen and oxygen atoms in total.